The van der Waals surface area contributed by atoms with Crippen molar-refractivity contribution in [3.8, 4) is 0 Å². The summed E-state index contributed by atoms with van der Waals surface area (Å²) in [6, 6.07) is 1.86. The number of fused-ring (bicyclic) bond motifs is 1. The largest absolute Gasteiger partial charge is 0.342 e. The summed E-state index contributed by atoms with van der Waals surface area (Å²) in [7, 11) is 0. The van der Waals surface area contributed by atoms with Gasteiger partial charge in [-0.1, -0.05) is 41.9 Å². The lowest BCUT2D eigenvalue weighted by molar-refractivity contribution is 0.398. The zero-order chi connectivity index (χ0) is 20.0. The Labute approximate surface area is 188 Å². The molecule has 2 aliphatic heterocycles. The summed E-state index contributed by atoms with van der Waals surface area (Å²) in [5.41, 5.74) is 0.883. The highest BCUT2D eigenvalue weighted by atomic mass is 35.5. The standard InChI is InChI=1S/C20H21Cl2N5S2/c1-13-10-20(28-12-13)3-7-26(8-4-20)19-25-11-15(18-24-6-9-27(18)19)29-14-2-5-23-17(22)16(14)21/h2,5-6,9,11,13H,3-4,7-8,10,12H2,1H3. The first-order chi connectivity index (χ1) is 14.0. The van der Waals surface area contributed by atoms with E-state index in [0.29, 0.717) is 14.9 Å². The average Bonchev–Trinajstić information content (AvgIpc) is 3.34. The topological polar surface area (TPSA) is 46.3 Å². The number of rotatable bonds is 3. The first-order valence-electron chi connectivity index (χ1n) is 9.73. The summed E-state index contributed by atoms with van der Waals surface area (Å²) < 4.78 is 2.57. The molecule has 0 radical (unpaired) electrons. The molecule has 0 aliphatic carbocycles. The maximum atomic E-state index is 6.32. The number of pyridine rings is 1. The van der Waals surface area contributed by atoms with E-state index in [1.807, 2.05) is 24.7 Å². The van der Waals surface area contributed by atoms with Gasteiger partial charge in [-0.25, -0.2) is 15.0 Å². The van der Waals surface area contributed by atoms with Gasteiger partial charge in [0.05, 0.1) is 9.92 Å². The van der Waals surface area contributed by atoms with Crippen molar-refractivity contribution in [2.75, 3.05) is 23.7 Å². The van der Waals surface area contributed by atoms with Crippen LogP contribution < -0.4 is 4.90 Å². The van der Waals surface area contributed by atoms with Gasteiger partial charge in [0.2, 0.25) is 5.95 Å². The van der Waals surface area contributed by atoms with Crippen LogP contribution in [0.5, 0.6) is 0 Å². The maximum absolute atomic E-state index is 6.32. The maximum Gasteiger partial charge on any atom is 0.211 e. The summed E-state index contributed by atoms with van der Waals surface area (Å²) in [6.07, 6.45) is 11.2. The number of halogens is 2. The third-order valence-corrected chi connectivity index (χ3v) is 9.63. The van der Waals surface area contributed by atoms with E-state index in [2.05, 4.69) is 38.0 Å². The van der Waals surface area contributed by atoms with Gasteiger partial charge in [-0.2, -0.15) is 11.8 Å². The average molecular weight is 466 g/mol. The predicted octanol–water partition coefficient (Wildman–Crippen LogP) is 5.69. The smallest absolute Gasteiger partial charge is 0.211 e. The Bertz CT molecular complexity index is 1050. The van der Waals surface area contributed by atoms with Crippen molar-refractivity contribution in [2.24, 2.45) is 5.92 Å². The number of anilines is 1. The third-order valence-electron chi connectivity index (χ3n) is 5.76. The van der Waals surface area contributed by atoms with Gasteiger partial charge in [0.15, 0.2) is 5.65 Å². The first-order valence-corrected chi connectivity index (χ1v) is 12.3. The van der Waals surface area contributed by atoms with Gasteiger partial charge in [0, 0.05) is 47.5 Å². The molecule has 0 bridgehead atoms. The van der Waals surface area contributed by atoms with Crippen molar-refractivity contribution in [3.63, 3.8) is 0 Å². The summed E-state index contributed by atoms with van der Waals surface area (Å²) in [4.78, 5) is 17.6. The van der Waals surface area contributed by atoms with Crippen LogP contribution in [0.3, 0.4) is 0 Å². The van der Waals surface area contributed by atoms with Crippen LogP contribution in [0.2, 0.25) is 10.2 Å². The predicted molar refractivity (Wildman–Crippen MR) is 122 cm³/mol. The van der Waals surface area contributed by atoms with Crippen LogP contribution >= 0.6 is 46.7 Å². The Morgan fingerprint density at radius 3 is 2.72 bits per heavy atom. The lowest BCUT2D eigenvalue weighted by atomic mass is 9.88. The van der Waals surface area contributed by atoms with Crippen molar-refractivity contribution in [1.29, 1.82) is 0 Å². The molecule has 0 amide bonds. The molecule has 0 aromatic carbocycles. The molecule has 1 unspecified atom stereocenters. The molecule has 152 valence electrons. The highest BCUT2D eigenvalue weighted by Gasteiger charge is 2.41. The third kappa shape index (κ3) is 3.71. The van der Waals surface area contributed by atoms with Crippen LogP contribution in [0.4, 0.5) is 5.95 Å². The van der Waals surface area contributed by atoms with E-state index < -0.39 is 0 Å². The molecule has 2 aliphatic rings. The van der Waals surface area contributed by atoms with Crippen molar-refractivity contribution < 1.29 is 0 Å². The first kappa shape index (κ1) is 19.8. The molecular weight excluding hydrogens is 445 g/mol. The number of thioether (sulfide) groups is 1. The molecule has 0 saturated carbocycles. The minimum Gasteiger partial charge on any atom is -0.342 e. The second kappa shape index (κ2) is 7.84. The molecule has 1 atom stereocenters. The van der Waals surface area contributed by atoms with Crippen molar-refractivity contribution in [2.45, 2.75) is 40.7 Å². The van der Waals surface area contributed by atoms with E-state index in [-0.39, 0.29) is 0 Å². The molecule has 3 aromatic rings. The summed E-state index contributed by atoms with van der Waals surface area (Å²) >= 11 is 16.1. The highest BCUT2D eigenvalue weighted by Crippen LogP contribution is 2.48. The quantitative estimate of drug-likeness (QED) is 0.462. The molecule has 1 spiro atoms. The van der Waals surface area contributed by atoms with Crippen LogP contribution in [-0.4, -0.2) is 42.9 Å². The fourth-order valence-corrected chi connectivity index (χ4v) is 7.29. The summed E-state index contributed by atoms with van der Waals surface area (Å²) in [6.45, 7) is 4.46. The lowest BCUT2D eigenvalue weighted by Gasteiger charge is -2.39. The van der Waals surface area contributed by atoms with E-state index in [1.165, 1.54) is 36.8 Å². The van der Waals surface area contributed by atoms with Gasteiger partial charge < -0.3 is 4.90 Å². The normalized spacial score (nSPS) is 21.3. The molecule has 29 heavy (non-hydrogen) atoms. The van der Waals surface area contributed by atoms with Crippen LogP contribution in [0.1, 0.15) is 26.2 Å². The second-order valence-corrected chi connectivity index (χ2v) is 11.2. The Morgan fingerprint density at radius 1 is 1.14 bits per heavy atom. The molecule has 0 N–H and O–H groups in total. The fraction of sp³-hybridized carbons (Fsp3) is 0.450. The number of piperidine rings is 1. The van der Waals surface area contributed by atoms with E-state index in [1.54, 1.807) is 6.20 Å². The highest BCUT2D eigenvalue weighted by molar-refractivity contribution is 8.01. The van der Waals surface area contributed by atoms with Crippen LogP contribution in [0, 0.1) is 5.92 Å². The van der Waals surface area contributed by atoms with E-state index in [0.717, 1.165) is 40.4 Å². The monoisotopic (exact) mass is 465 g/mol. The van der Waals surface area contributed by atoms with Gasteiger partial charge >= 0.3 is 0 Å². The van der Waals surface area contributed by atoms with Crippen molar-refractivity contribution >= 4 is 58.3 Å². The van der Waals surface area contributed by atoms with Crippen LogP contribution in [-0.2, 0) is 0 Å². The molecule has 5 heterocycles. The Kier molecular flexibility index (Phi) is 5.35. The molecule has 2 saturated heterocycles. The SMILES string of the molecule is CC1CSC2(CCN(c3ncc(Sc4ccnc(Cl)c4Cl)c4nccn34)CC2)C1. The summed E-state index contributed by atoms with van der Waals surface area (Å²) in [5, 5.41) is 0.763. The zero-order valence-corrected chi connectivity index (χ0v) is 19.2. The molecule has 9 heteroatoms. The van der Waals surface area contributed by atoms with Gasteiger partial charge in [-0.15, -0.1) is 0 Å². The number of imidazole rings is 1. The van der Waals surface area contributed by atoms with Crippen LogP contribution in [0.15, 0.2) is 40.6 Å². The zero-order valence-electron chi connectivity index (χ0n) is 16.0. The number of hydrogen-bond acceptors (Lipinski definition) is 6. The molecule has 5 nitrogen and oxygen atoms in total. The van der Waals surface area contributed by atoms with Gasteiger partial charge in [0.25, 0.3) is 0 Å². The number of hydrogen-bond donors (Lipinski definition) is 0. The molecule has 2 fully saturated rings. The Morgan fingerprint density at radius 2 is 1.97 bits per heavy atom. The van der Waals surface area contributed by atoms with E-state index >= 15 is 0 Å². The van der Waals surface area contributed by atoms with E-state index in [9.17, 15) is 0 Å². The van der Waals surface area contributed by atoms with E-state index in [4.69, 9.17) is 28.2 Å². The van der Waals surface area contributed by atoms with Crippen molar-refractivity contribution in [3.05, 3.63) is 41.0 Å². The minimum absolute atomic E-state index is 0.307. The molecular formula is C20H21Cl2N5S2. The van der Waals surface area contributed by atoms with Gasteiger partial charge in [0.1, 0.15) is 5.15 Å². The minimum atomic E-state index is 0.307. The fourth-order valence-electron chi connectivity index (χ4n) is 4.32. The van der Waals surface area contributed by atoms with Crippen LogP contribution in [0.25, 0.3) is 5.65 Å². The number of aromatic nitrogens is 4. The second-order valence-electron chi connectivity index (χ2n) is 7.85. The number of nitrogens with zero attached hydrogens (tertiary/aromatic N) is 5. The Balaban J connectivity index is 1.40. The summed E-state index contributed by atoms with van der Waals surface area (Å²) in [5.74, 6) is 3.11. The molecule has 3 aromatic heterocycles. The molecule has 5 rings (SSSR count). The van der Waals surface area contributed by atoms with Gasteiger partial charge in [-0.3, -0.25) is 4.40 Å². The Hall–Kier alpha value is -1.15. The van der Waals surface area contributed by atoms with Crippen molar-refractivity contribution in [1.82, 2.24) is 19.4 Å². The van der Waals surface area contributed by atoms with Gasteiger partial charge in [-0.05, 0) is 37.0 Å². The lowest BCUT2D eigenvalue weighted by Crippen LogP contribution is -2.42.